The molecule has 28 heavy (non-hydrogen) atoms. The number of hydrogen-bond acceptors (Lipinski definition) is 2. The lowest BCUT2D eigenvalue weighted by molar-refractivity contribution is -0.119. The Kier molecular flexibility index (Phi) is 4.97. The number of anilines is 1. The topological polar surface area (TPSA) is 32.7 Å². The molecule has 0 aromatic heterocycles. The quantitative estimate of drug-likeness (QED) is 0.599. The molecule has 3 nitrogen and oxygen atoms in total. The number of hydrogen-bond donors (Lipinski definition) is 0. The van der Waals surface area contributed by atoms with E-state index in [9.17, 15) is 9.18 Å². The van der Waals surface area contributed by atoms with E-state index in [0.29, 0.717) is 16.3 Å². The highest BCUT2D eigenvalue weighted by Gasteiger charge is 2.30. The van der Waals surface area contributed by atoms with Gasteiger partial charge in [-0.15, -0.1) is 0 Å². The summed E-state index contributed by atoms with van der Waals surface area (Å²) >= 11 is 6.22. The number of rotatable bonds is 3. The van der Waals surface area contributed by atoms with E-state index in [4.69, 9.17) is 16.6 Å². The first-order valence-electron chi connectivity index (χ1n) is 9.03. The molecule has 1 unspecified atom stereocenters. The molecule has 0 radical (unpaired) electrons. The summed E-state index contributed by atoms with van der Waals surface area (Å²) in [4.78, 5) is 19.4. The summed E-state index contributed by atoms with van der Waals surface area (Å²) in [5.41, 5.74) is 3.50. The number of nitrogens with zero attached hydrogens (tertiary/aromatic N) is 2. The normalized spacial score (nSPS) is 16.4. The van der Waals surface area contributed by atoms with Crippen LogP contribution >= 0.6 is 11.6 Å². The Bertz CT molecular complexity index is 1040. The van der Waals surface area contributed by atoms with Crippen LogP contribution in [-0.4, -0.2) is 17.7 Å². The maximum absolute atomic E-state index is 14.4. The number of para-hydroxylation sites is 1. The van der Waals surface area contributed by atoms with Crippen molar-refractivity contribution in [2.75, 3.05) is 4.90 Å². The molecular formula is C23H18ClFN2O. The van der Waals surface area contributed by atoms with E-state index < -0.39 is 11.9 Å². The van der Waals surface area contributed by atoms with E-state index in [1.165, 1.54) is 6.07 Å². The van der Waals surface area contributed by atoms with Crippen molar-refractivity contribution >= 4 is 28.9 Å². The SMILES string of the molecule is CC1N=C(c2ccccc2)c2ccccc2N(Cc2c(F)cccc2Cl)C1=O. The highest BCUT2D eigenvalue weighted by molar-refractivity contribution is 6.31. The molecule has 1 atom stereocenters. The first-order valence-corrected chi connectivity index (χ1v) is 9.41. The number of halogens is 2. The fraction of sp³-hybridized carbons (Fsp3) is 0.130. The van der Waals surface area contributed by atoms with E-state index in [0.717, 1.165) is 16.8 Å². The summed E-state index contributed by atoms with van der Waals surface area (Å²) in [5.74, 6) is -0.628. The third-order valence-electron chi connectivity index (χ3n) is 4.82. The van der Waals surface area contributed by atoms with Crippen molar-refractivity contribution in [2.45, 2.75) is 19.5 Å². The van der Waals surface area contributed by atoms with Gasteiger partial charge in [-0.25, -0.2) is 4.39 Å². The molecule has 0 fully saturated rings. The number of amides is 1. The van der Waals surface area contributed by atoms with Crippen LogP contribution in [0.4, 0.5) is 10.1 Å². The van der Waals surface area contributed by atoms with Crippen LogP contribution in [0.25, 0.3) is 0 Å². The summed E-state index contributed by atoms with van der Waals surface area (Å²) in [5, 5.41) is 0.298. The molecule has 5 heteroatoms. The van der Waals surface area contributed by atoms with Crippen molar-refractivity contribution in [3.05, 3.63) is 100 Å². The Morgan fingerprint density at radius 1 is 1.00 bits per heavy atom. The van der Waals surface area contributed by atoms with Gasteiger partial charge < -0.3 is 4.90 Å². The number of benzene rings is 3. The molecule has 0 spiro atoms. The predicted octanol–water partition coefficient (Wildman–Crippen LogP) is 5.25. The smallest absolute Gasteiger partial charge is 0.251 e. The monoisotopic (exact) mass is 392 g/mol. The third kappa shape index (κ3) is 3.32. The van der Waals surface area contributed by atoms with Gasteiger partial charge in [-0.3, -0.25) is 9.79 Å². The zero-order valence-electron chi connectivity index (χ0n) is 15.3. The summed E-state index contributed by atoms with van der Waals surface area (Å²) < 4.78 is 14.4. The van der Waals surface area contributed by atoms with Gasteiger partial charge in [-0.1, -0.05) is 66.2 Å². The minimum absolute atomic E-state index is 0.0449. The van der Waals surface area contributed by atoms with Crippen molar-refractivity contribution in [3.63, 3.8) is 0 Å². The van der Waals surface area contributed by atoms with Gasteiger partial charge in [0.05, 0.1) is 17.9 Å². The molecule has 140 valence electrons. The Morgan fingerprint density at radius 3 is 2.46 bits per heavy atom. The first kappa shape index (κ1) is 18.4. The van der Waals surface area contributed by atoms with E-state index in [-0.39, 0.29) is 12.5 Å². The van der Waals surface area contributed by atoms with E-state index >= 15 is 0 Å². The van der Waals surface area contributed by atoms with Crippen molar-refractivity contribution in [3.8, 4) is 0 Å². The Balaban J connectivity index is 1.86. The maximum Gasteiger partial charge on any atom is 0.251 e. The molecule has 1 aliphatic heterocycles. The Labute approximate surface area is 168 Å². The second-order valence-electron chi connectivity index (χ2n) is 6.66. The van der Waals surface area contributed by atoms with Crippen LogP contribution < -0.4 is 4.90 Å². The van der Waals surface area contributed by atoms with Gasteiger partial charge >= 0.3 is 0 Å². The summed E-state index contributed by atoms with van der Waals surface area (Å²) in [6, 6.07) is 21.2. The molecule has 0 saturated heterocycles. The van der Waals surface area contributed by atoms with Crippen LogP contribution in [0, 0.1) is 5.82 Å². The van der Waals surface area contributed by atoms with E-state index in [2.05, 4.69) is 0 Å². The maximum atomic E-state index is 14.4. The van der Waals surface area contributed by atoms with Crippen molar-refractivity contribution < 1.29 is 9.18 Å². The number of carbonyl (C=O) groups is 1. The zero-order valence-corrected chi connectivity index (χ0v) is 16.0. The summed E-state index contributed by atoms with van der Waals surface area (Å²) in [6.07, 6.45) is 0. The van der Waals surface area contributed by atoms with Crippen LogP contribution in [-0.2, 0) is 11.3 Å². The minimum atomic E-state index is -0.604. The Hall–Kier alpha value is -2.98. The molecule has 3 aromatic carbocycles. The lowest BCUT2D eigenvalue weighted by atomic mass is 10.00. The highest BCUT2D eigenvalue weighted by atomic mass is 35.5. The molecule has 3 aromatic rings. The number of fused-ring (bicyclic) bond motifs is 1. The minimum Gasteiger partial charge on any atom is -0.305 e. The van der Waals surface area contributed by atoms with Crippen molar-refractivity contribution in [1.82, 2.24) is 0 Å². The van der Waals surface area contributed by atoms with Crippen LogP contribution in [0.15, 0.2) is 77.8 Å². The lowest BCUT2D eigenvalue weighted by Crippen LogP contribution is -2.36. The average molecular weight is 393 g/mol. The van der Waals surface area contributed by atoms with E-state index in [1.54, 1.807) is 24.0 Å². The second kappa shape index (κ2) is 7.56. The van der Waals surface area contributed by atoms with E-state index in [1.807, 2.05) is 54.6 Å². The summed E-state index contributed by atoms with van der Waals surface area (Å²) in [7, 11) is 0. The largest absolute Gasteiger partial charge is 0.305 e. The molecule has 0 saturated carbocycles. The molecule has 0 bridgehead atoms. The summed E-state index contributed by atoms with van der Waals surface area (Å²) in [6.45, 7) is 1.80. The molecule has 1 aliphatic rings. The third-order valence-corrected chi connectivity index (χ3v) is 5.18. The fourth-order valence-electron chi connectivity index (χ4n) is 3.40. The van der Waals surface area contributed by atoms with Crippen LogP contribution in [0.1, 0.15) is 23.6 Å². The lowest BCUT2D eigenvalue weighted by Gasteiger charge is -2.25. The first-order chi connectivity index (χ1) is 13.6. The van der Waals surface area contributed by atoms with Crippen LogP contribution in [0.2, 0.25) is 5.02 Å². The molecule has 1 amide bonds. The predicted molar refractivity (Wildman–Crippen MR) is 111 cm³/mol. The van der Waals surface area contributed by atoms with Gasteiger partial charge in [0.2, 0.25) is 0 Å². The number of carbonyl (C=O) groups excluding carboxylic acids is 1. The van der Waals surface area contributed by atoms with Gasteiger partial charge in [0.25, 0.3) is 5.91 Å². The van der Waals surface area contributed by atoms with Gasteiger partial charge in [-0.05, 0) is 25.1 Å². The van der Waals surface area contributed by atoms with Crippen LogP contribution in [0.3, 0.4) is 0 Å². The van der Waals surface area contributed by atoms with Crippen molar-refractivity contribution in [1.29, 1.82) is 0 Å². The van der Waals surface area contributed by atoms with Crippen LogP contribution in [0.5, 0.6) is 0 Å². The van der Waals surface area contributed by atoms with Crippen molar-refractivity contribution in [2.24, 2.45) is 4.99 Å². The molecule has 1 heterocycles. The zero-order chi connectivity index (χ0) is 19.7. The van der Waals surface area contributed by atoms with Gasteiger partial charge in [0, 0.05) is 21.7 Å². The molecule has 4 rings (SSSR count). The molecule has 0 N–H and O–H groups in total. The molecule has 0 aliphatic carbocycles. The standard InChI is InChI=1S/C23H18ClFN2O/c1-15-23(28)27(14-18-19(24)11-7-12-20(18)25)21-13-6-5-10-17(21)22(26-15)16-8-3-2-4-9-16/h2-13,15H,14H2,1H3. The second-order valence-corrected chi connectivity index (χ2v) is 7.07. The highest BCUT2D eigenvalue weighted by Crippen LogP contribution is 2.31. The number of benzodiazepines with no additional fused rings is 1. The average Bonchev–Trinajstić information content (AvgIpc) is 2.81. The fourth-order valence-corrected chi connectivity index (χ4v) is 3.63. The van der Waals surface area contributed by atoms with Gasteiger partial charge in [0.15, 0.2) is 0 Å². The van der Waals surface area contributed by atoms with Gasteiger partial charge in [-0.2, -0.15) is 0 Å². The molecular weight excluding hydrogens is 375 g/mol. The Morgan fingerprint density at radius 2 is 1.71 bits per heavy atom. The van der Waals surface area contributed by atoms with Gasteiger partial charge in [0.1, 0.15) is 11.9 Å². The number of aliphatic imine (C=N–C) groups is 1.